The van der Waals surface area contributed by atoms with Gasteiger partial charge in [-0.3, -0.25) is 9.05 Å². The molecule has 0 aliphatic carbocycles. The van der Waals surface area contributed by atoms with E-state index in [1.807, 2.05) is 24.3 Å². The fraction of sp³-hybridized carbons (Fsp3) is 0.625. The smallest absolute Gasteiger partial charge is 0.303 e. The summed E-state index contributed by atoms with van der Waals surface area (Å²) in [5.41, 5.74) is -1.83. The summed E-state index contributed by atoms with van der Waals surface area (Å²) in [5.74, 6) is 1.29. The second kappa shape index (κ2) is 10.4. The van der Waals surface area contributed by atoms with Gasteiger partial charge in [-0.15, -0.1) is 23.5 Å². The van der Waals surface area contributed by atoms with Crippen LogP contribution in [0.2, 0.25) is 0 Å². The molecule has 0 unspecified atom stereocenters. The number of thioether (sulfide) groups is 2. The Morgan fingerprint density at radius 3 is 1.29 bits per heavy atom. The maximum atomic E-state index is 11.0. The lowest BCUT2D eigenvalue weighted by atomic mass is 10.1. The first-order valence-electron chi connectivity index (χ1n) is 8.45. The Balaban J connectivity index is 2.41. The predicted molar refractivity (Wildman–Crippen MR) is 112 cm³/mol. The van der Waals surface area contributed by atoms with Crippen molar-refractivity contribution in [3.05, 3.63) is 24.3 Å². The van der Waals surface area contributed by atoms with E-state index in [0.29, 0.717) is 24.3 Å². The van der Waals surface area contributed by atoms with Crippen LogP contribution in [0.3, 0.4) is 0 Å². The van der Waals surface area contributed by atoms with E-state index in [4.69, 9.17) is 28.6 Å². The molecule has 0 spiro atoms. The first-order chi connectivity index (χ1) is 12.6. The van der Waals surface area contributed by atoms with Crippen molar-refractivity contribution in [1.29, 1.82) is 0 Å². The van der Waals surface area contributed by atoms with Crippen LogP contribution in [-0.4, -0.2) is 42.3 Å². The van der Waals surface area contributed by atoms with Gasteiger partial charge in [-0.1, -0.05) is 0 Å². The topological polar surface area (TPSA) is 134 Å². The lowest BCUT2D eigenvalue weighted by Gasteiger charge is -2.25. The lowest BCUT2D eigenvalue weighted by Crippen LogP contribution is -2.23. The number of phosphoric ester groups is 2. The van der Waals surface area contributed by atoms with E-state index in [1.54, 1.807) is 51.2 Å². The molecule has 1 aromatic carbocycles. The third kappa shape index (κ3) is 12.6. The Labute approximate surface area is 174 Å². The van der Waals surface area contributed by atoms with Crippen LogP contribution >= 0.6 is 39.2 Å². The molecule has 28 heavy (non-hydrogen) atoms. The Morgan fingerprint density at radius 2 is 1.04 bits per heavy atom. The molecule has 4 N–H and O–H groups in total. The monoisotopic (exact) mass is 474 g/mol. The largest absolute Gasteiger partial charge is 0.470 e. The highest BCUT2D eigenvalue weighted by molar-refractivity contribution is 7.99. The summed E-state index contributed by atoms with van der Waals surface area (Å²) >= 11 is 3.14. The molecule has 8 nitrogen and oxygen atoms in total. The van der Waals surface area contributed by atoms with Crippen LogP contribution in [0.1, 0.15) is 40.5 Å². The molecule has 12 heteroatoms. The minimum Gasteiger partial charge on any atom is -0.303 e. The van der Waals surface area contributed by atoms with Crippen LogP contribution in [-0.2, 0) is 18.2 Å². The molecular weight excluding hydrogens is 446 g/mol. The van der Waals surface area contributed by atoms with Crippen LogP contribution in [0.15, 0.2) is 34.1 Å². The van der Waals surface area contributed by atoms with Crippen LogP contribution in [0.25, 0.3) is 0 Å². The van der Waals surface area contributed by atoms with Crippen molar-refractivity contribution < 1.29 is 37.8 Å². The molecule has 0 aliphatic rings. The fourth-order valence-corrected chi connectivity index (χ4v) is 5.98. The normalized spacial score (nSPS) is 13.7. The fourth-order valence-electron chi connectivity index (χ4n) is 2.20. The molecule has 0 radical (unpaired) electrons. The van der Waals surface area contributed by atoms with Crippen LogP contribution in [0.4, 0.5) is 0 Å². The maximum Gasteiger partial charge on any atom is 0.470 e. The summed E-state index contributed by atoms with van der Waals surface area (Å²) in [4.78, 5) is 37.7. The van der Waals surface area contributed by atoms with Crippen LogP contribution in [0.5, 0.6) is 0 Å². The Hall–Kier alpha value is 0.140. The molecule has 162 valence electrons. The second-order valence-corrected chi connectivity index (χ2v) is 12.0. The summed E-state index contributed by atoms with van der Waals surface area (Å²) in [7, 11) is -9.01. The summed E-state index contributed by atoms with van der Waals surface area (Å²) < 4.78 is 31.5. The van der Waals surface area contributed by atoms with E-state index >= 15 is 0 Å². The van der Waals surface area contributed by atoms with E-state index in [-0.39, 0.29) is 0 Å². The van der Waals surface area contributed by atoms with Gasteiger partial charge in [0.25, 0.3) is 0 Å². The number of phosphoric acid groups is 2. The van der Waals surface area contributed by atoms with Crippen molar-refractivity contribution in [3.8, 4) is 0 Å². The SMILES string of the molecule is CC(C)(CCSc1ccc(SCCC(C)(C)OP(=O)(O)O)cc1)OP(=O)(O)O. The number of hydrogen-bond acceptors (Lipinski definition) is 6. The number of rotatable bonds is 12. The molecule has 0 fully saturated rings. The van der Waals surface area contributed by atoms with Gasteiger partial charge >= 0.3 is 15.6 Å². The van der Waals surface area contributed by atoms with Crippen molar-refractivity contribution >= 4 is 39.2 Å². The van der Waals surface area contributed by atoms with E-state index in [9.17, 15) is 9.13 Å². The molecule has 0 aromatic heterocycles. The highest BCUT2D eigenvalue weighted by Gasteiger charge is 2.29. The molecule has 0 atom stereocenters. The average Bonchev–Trinajstić information content (AvgIpc) is 2.43. The van der Waals surface area contributed by atoms with Gasteiger partial charge in [-0.05, 0) is 64.8 Å². The molecule has 1 rings (SSSR count). The Kier molecular flexibility index (Phi) is 9.76. The third-order valence-electron chi connectivity index (χ3n) is 3.50. The summed E-state index contributed by atoms with van der Waals surface area (Å²) in [6.07, 6.45) is 0.960. The molecule has 0 amide bonds. The minimum absolute atomic E-state index is 0.480. The molecule has 0 saturated carbocycles. The zero-order valence-corrected chi connectivity index (χ0v) is 19.7. The van der Waals surface area contributed by atoms with Gasteiger partial charge in [0.05, 0.1) is 11.2 Å². The van der Waals surface area contributed by atoms with E-state index in [0.717, 1.165) is 9.79 Å². The molecule has 1 aromatic rings. The molecule has 0 saturated heterocycles. The first-order valence-corrected chi connectivity index (χ1v) is 13.5. The van der Waals surface area contributed by atoms with Gasteiger partial charge in [0, 0.05) is 21.3 Å². The lowest BCUT2D eigenvalue weighted by molar-refractivity contribution is 0.0616. The number of hydrogen-bond donors (Lipinski definition) is 4. The van der Waals surface area contributed by atoms with E-state index in [2.05, 4.69) is 0 Å². The molecule has 0 aliphatic heterocycles. The van der Waals surface area contributed by atoms with Gasteiger partial charge in [-0.25, -0.2) is 9.13 Å². The Bertz CT molecular complexity index is 651. The van der Waals surface area contributed by atoms with Crippen molar-refractivity contribution in [2.24, 2.45) is 0 Å². The Morgan fingerprint density at radius 1 is 0.750 bits per heavy atom. The summed E-state index contributed by atoms with van der Waals surface area (Å²) in [5, 5.41) is 0. The zero-order chi connectivity index (χ0) is 21.6. The minimum atomic E-state index is -4.50. The third-order valence-corrected chi connectivity index (χ3v) is 6.99. The predicted octanol–water partition coefficient (Wildman–Crippen LogP) is 4.43. The van der Waals surface area contributed by atoms with Crippen LogP contribution in [0, 0.1) is 0 Å². The van der Waals surface area contributed by atoms with E-state index < -0.39 is 26.8 Å². The summed E-state index contributed by atoms with van der Waals surface area (Å²) in [6.45, 7) is 6.57. The van der Waals surface area contributed by atoms with Gasteiger partial charge in [0.2, 0.25) is 0 Å². The van der Waals surface area contributed by atoms with Gasteiger partial charge in [0.15, 0.2) is 0 Å². The van der Waals surface area contributed by atoms with Crippen molar-refractivity contribution in [1.82, 2.24) is 0 Å². The molecule has 0 heterocycles. The molecular formula is C16H28O8P2S2. The standard InChI is InChI=1S/C16H28O8P2S2/c1-15(2,23-25(17,18)19)9-11-27-13-5-7-14(8-6-13)28-12-10-16(3,4)24-26(20,21)22/h5-8H,9-12H2,1-4H3,(H2,17,18,19)(H2,20,21,22). The van der Waals surface area contributed by atoms with Crippen molar-refractivity contribution in [3.63, 3.8) is 0 Å². The maximum absolute atomic E-state index is 11.0. The van der Waals surface area contributed by atoms with E-state index in [1.165, 1.54) is 0 Å². The van der Waals surface area contributed by atoms with Gasteiger partial charge in [-0.2, -0.15) is 0 Å². The quantitative estimate of drug-likeness (QED) is 0.255. The average molecular weight is 474 g/mol. The highest BCUT2D eigenvalue weighted by Crippen LogP contribution is 2.43. The zero-order valence-electron chi connectivity index (χ0n) is 16.3. The van der Waals surface area contributed by atoms with Crippen molar-refractivity contribution in [2.75, 3.05) is 11.5 Å². The highest BCUT2D eigenvalue weighted by atomic mass is 32.2. The molecule has 0 bridgehead atoms. The second-order valence-electron chi connectivity index (χ2n) is 7.35. The van der Waals surface area contributed by atoms with Gasteiger partial charge < -0.3 is 19.6 Å². The first kappa shape index (κ1) is 26.2. The van der Waals surface area contributed by atoms with Crippen molar-refractivity contribution in [2.45, 2.75) is 61.5 Å². The summed E-state index contributed by atoms with van der Waals surface area (Å²) in [6, 6.07) is 7.84. The van der Waals surface area contributed by atoms with Gasteiger partial charge in [0.1, 0.15) is 0 Å². The number of benzene rings is 1. The van der Waals surface area contributed by atoms with Crippen LogP contribution < -0.4 is 0 Å².